The van der Waals surface area contributed by atoms with E-state index in [2.05, 4.69) is 48.2 Å². The first-order valence-corrected chi connectivity index (χ1v) is 9.79. The Morgan fingerprint density at radius 2 is 1.55 bits per heavy atom. The average Bonchev–Trinajstić information content (AvgIpc) is 2.97. The molecule has 1 aliphatic rings. The maximum Gasteiger partial charge on any atom is 0.214 e. The molecule has 0 amide bonds. The number of para-hydroxylation sites is 1. The van der Waals surface area contributed by atoms with Crippen molar-refractivity contribution in [2.45, 2.75) is 18.3 Å². The molecule has 0 fully saturated rings. The zero-order valence-corrected chi connectivity index (χ0v) is 16.7. The number of fused-ring (bicyclic) bond motifs is 1. The van der Waals surface area contributed by atoms with Crippen molar-refractivity contribution >= 4 is 5.69 Å². The molecule has 1 aliphatic heterocycles. The predicted molar refractivity (Wildman–Crippen MR) is 117 cm³/mol. The first kappa shape index (κ1) is 18.9. The Morgan fingerprint density at radius 3 is 2.21 bits per heavy atom. The minimum absolute atomic E-state index is 0.136. The van der Waals surface area contributed by atoms with Gasteiger partial charge in [-0.05, 0) is 35.8 Å². The van der Waals surface area contributed by atoms with Gasteiger partial charge in [0.05, 0.1) is 11.3 Å². The fourth-order valence-corrected chi connectivity index (χ4v) is 4.45. The Labute approximate surface area is 171 Å². The topological polar surface area (TPSA) is 46.4 Å². The van der Waals surface area contributed by atoms with Gasteiger partial charge in [0.15, 0.2) is 0 Å². The number of rotatable bonds is 5. The number of hydrogen-bond donors (Lipinski definition) is 0. The summed E-state index contributed by atoms with van der Waals surface area (Å²) < 4.78 is 0. The second-order valence-corrected chi connectivity index (χ2v) is 7.65. The molecule has 146 valence electrons. The van der Waals surface area contributed by atoms with Gasteiger partial charge in [-0.3, -0.25) is 10.1 Å². The van der Waals surface area contributed by atoms with E-state index in [9.17, 15) is 10.1 Å². The molecule has 29 heavy (non-hydrogen) atoms. The Morgan fingerprint density at radius 1 is 0.966 bits per heavy atom. The molecule has 0 aliphatic carbocycles. The molecule has 0 spiro atoms. The molecule has 0 saturated heterocycles. The number of allylic oxidation sites excluding steroid dienone is 1. The number of nitro groups is 1. The van der Waals surface area contributed by atoms with E-state index < -0.39 is 0 Å². The van der Waals surface area contributed by atoms with Crippen LogP contribution in [-0.4, -0.2) is 18.5 Å². The predicted octanol–water partition coefficient (Wildman–Crippen LogP) is 5.39. The summed E-state index contributed by atoms with van der Waals surface area (Å²) in [4.78, 5) is 13.4. The summed E-state index contributed by atoms with van der Waals surface area (Å²) in [5.41, 5.74) is 5.18. The summed E-state index contributed by atoms with van der Waals surface area (Å²) in [7, 11) is 2.05. The van der Waals surface area contributed by atoms with Crippen LogP contribution >= 0.6 is 0 Å². The second-order valence-electron chi connectivity index (χ2n) is 7.65. The van der Waals surface area contributed by atoms with Crippen molar-refractivity contribution < 1.29 is 4.92 Å². The van der Waals surface area contributed by atoms with Gasteiger partial charge in [0.1, 0.15) is 0 Å². The molecule has 3 aromatic carbocycles. The monoisotopic (exact) mass is 384 g/mol. The fourth-order valence-electron chi connectivity index (χ4n) is 4.45. The van der Waals surface area contributed by atoms with Gasteiger partial charge in [-0.1, -0.05) is 78.9 Å². The summed E-state index contributed by atoms with van der Waals surface area (Å²) >= 11 is 0. The first-order chi connectivity index (χ1) is 14.0. The highest BCUT2D eigenvalue weighted by atomic mass is 16.6. The minimum atomic E-state index is -0.379. The third-order valence-corrected chi connectivity index (χ3v) is 5.96. The van der Waals surface area contributed by atoms with Crippen LogP contribution in [0.3, 0.4) is 0 Å². The quantitative estimate of drug-likeness (QED) is 0.438. The van der Waals surface area contributed by atoms with Crippen LogP contribution in [0.5, 0.6) is 0 Å². The van der Waals surface area contributed by atoms with Gasteiger partial charge in [0.2, 0.25) is 6.54 Å². The number of anilines is 1. The third kappa shape index (κ3) is 3.31. The molecule has 0 bridgehead atoms. The molecule has 3 aromatic rings. The highest BCUT2D eigenvalue weighted by molar-refractivity contribution is 5.73. The molecule has 0 saturated carbocycles. The van der Waals surface area contributed by atoms with E-state index in [-0.39, 0.29) is 22.8 Å². The first-order valence-electron chi connectivity index (χ1n) is 9.79. The fraction of sp³-hybridized carbons (Fsp3) is 0.200. The van der Waals surface area contributed by atoms with Crippen molar-refractivity contribution in [2.24, 2.45) is 0 Å². The van der Waals surface area contributed by atoms with Crippen molar-refractivity contribution in [1.29, 1.82) is 0 Å². The second kappa shape index (κ2) is 7.55. The number of likely N-dealkylation sites (N-methyl/N-ethyl adjacent to an activating group) is 1. The van der Waals surface area contributed by atoms with Crippen molar-refractivity contribution in [1.82, 2.24) is 0 Å². The Balaban J connectivity index is 1.91. The lowest BCUT2D eigenvalue weighted by Gasteiger charge is -2.30. The lowest BCUT2D eigenvalue weighted by Crippen LogP contribution is -2.29. The number of hydrogen-bond acceptors (Lipinski definition) is 3. The number of nitrogens with zero attached hydrogens (tertiary/aromatic N) is 2. The molecule has 0 N–H and O–H groups in total. The maximum absolute atomic E-state index is 11.5. The lowest BCUT2D eigenvalue weighted by atomic mass is 9.74. The summed E-state index contributed by atoms with van der Waals surface area (Å²) in [5.74, 6) is -0.305. The smallest absolute Gasteiger partial charge is 0.214 e. The van der Waals surface area contributed by atoms with Crippen LogP contribution in [0.2, 0.25) is 0 Å². The van der Waals surface area contributed by atoms with Crippen LogP contribution in [0.25, 0.3) is 0 Å². The van der Waals surface area contributed by atoms with Gasteiger partial charge < -0.3 is 4.90 Å². The molecule has 0 unspecified atom stereocenters. The van der Waals surface area contributed by atoms with Crippen LogP contribution in [0, 0.1) is 10.1 Å². The summed E-state index contributed by atoms with van der Waals surface area (Å²) in [6, 6.07) is 28.5. The normalized spacial score (nSPS) is 20.5. The van der Waals surface area contributed by atoms with Crippen LogP contribution in [0.1, 0.15) is 29.5 Å². The molecule has 4 rings (SSSR count). The van der Waals surface area contributed by atoms with E-state index in [1.165, 1.54) is 11.1 Å². The number of benzene rings is 3. The average molecular weight is 384 g/mol. The van der Waals surface area contributed by atoms with Crippen LogP contribution in [0.15, 0.2) is 96.7 Å². The molecule has 1 heterocycles. The highest BCUT2D eigenvalue weighted by Crippen LogP contribution is 2.51. The maximum atomic E-state index is 11.5. The Bertz CT molecular complexity index is 1050. The Kier molecular flexibility index (Phi) is 4.93. The van der Waals surface area contributed by atoms with Crippen LogP contribution in [0.4, 0.5) is 5.69 Å². The third-order valence-electron chi connectivity index (χ3n) is 5.96. The van der Waals surface area contributed by atoms with Crippen molar-refractivity contribution in [3.63, 3.8) is 0 Å². The van der Waals surface area contributed by atoms with E-state index in [0.717, 1.165) is 16.9 Å². The largest absolute Gasteiger partial charge is 0.347 e. The Hall–Kier alpha value is -3.40. The summed E-state index contributed by atoms with van der Waals surface area (Å²) in [5, 5.41) is 11.5. The van der Waals surface area contributed by atoms with Crippen molar-refractivity contribution in [3.05, 3.63) is 124 Å². The molecule has 2 atom stereocenters. The van der Waals surface area contributed by atoms with Gasteiger partial charge in [0.25, 0.3) is 0 Å². The molecule has 4 heteroatoms. The van der Waals surface area contributed by atoms with Gasteiger partial charge in [-0.25, -0.2) is 0 Å². The van der Waals surface area contributed by atoms with E-state index in [0.29, 0.717) is 0 Å². The zero-order valence-electron chi connectivity index (χ0n) is 16.7. The van der Waals surface area contributed by atoms with Crippen molar-refractivity contribution in [3.8, 4) is 0 Å². The van der Waals surface area contributed by atoms with Gasteiger partial charge in [-0.2, -0.15) is 0 Å². The highest BCUT2D eigenvalue weighted by Gasteiger charge is 2.44. The van der Waals surface area contributed by atoms with Crippen molar-refractivity contribution in [2.75, 3.05) is 18.5 Å². The molecule has 4 nitrogen and oxygen atoms in total. The zero-order chi connectivity index (χ0) is 20.4. The molecular formula is C25H24N2O2. The van der Waals surface area contributed by atoms with Crippen LogP contribution < -0.4 is 4.90 Å². The minimum Gasteiger partial charge on any atom is -0.347 e. The molecular weight excluding hydrogens is 360 g/mol. The van der Waals surface area contributed by atoms with Gasteiger partial charge >= 0.3 is 0 Å². The van der Waals surface area contributed by atoms with E-state index in [1.54, 1.807) is 0 Å². The van der Waals surface area contributed by atoms with E-state index in [4.69, 9.17) is 0 Å². The molecule has 0 radical (unpaired) electrons. The molecule has 0 aromatic heterocycles. The standard InChI is InChI=1S/C25H24N2O2/c1-25(21-13-7-4-8-14-21)22-15-9-10-16-23(22)26(2)24(25)17-20(18-27(28)29)19-11-5-3-6-12-19/h3-17,20H,18H2,1-2H3/b24-17+/t20-,25+/m0/s1. The lowest BCUT2D eigenvalue weighted by molar-refractivity contribution is -0.481. The van der Waals surface area contributed by atoms with Gasteiger partial charge in [-0.15, -0.1) is 0 Å². The summed E-state index contributed by atoms with van der Waals surface area (Å²) in [6.45, 7) is 2.08. The van der Waals surface area contributed by atoms with Crippen LogP contribution in [-0.2, 0) is 5.41 Å². The summed E-state index contributed by atoms with van der Waals surface area (Å²) in [6.07, 6.45) is 2.09. The van der Waals surface area contributed by atoms with Gasteiger partial charge in [0, 0.05) is 23.4 Å². The van der Waals surface area contributed by atoms with E-state index in [1.807, 2.05) is 61.6 Å². The SMILES string of the molecule is CN1/C(=C/[C@@H](C[N+](=O)[O-])c2ccccc2)[C@](C)(c2ccccc2)c2ccccc21. The van der Waals surface area contributed by atoms with E-state index >= 15 is 0 Å².